The smallest absolute Gasteiger partial charge is 0.200 e. The molecule has 0 bridgehead atoms. The van der Waals surface area contributed by atoms with E-state index in [0.29, 0.717) is 12.0 Å². The molecule has 2 atom stereocenters. The molecule has 1 aliphatic rings. The standard InChI is InChI=1S/C17H14ClF5N2O/c1-25-4-2-3-9(25)8-6-24-10(18)5-7(8)17(26)11-12(19)14(21)16(23)15(22)13(11)20/h5-6,9,17,26H,2-4H2,1H3. The Morgan fingerprint density at radius 1 is 1.12 bits per heavy atom. The molecule has 2 unspecified atom stereocenters. The van der Waals surface area contributed by atoms with E-state index in [0.717, 1.165) is 13.0 Å². The van der Waals surface area contributed by atoms with E-state index in [1.165, 1.54) is 12.3 Å². The fourth-order valence-electron chi connectivity index (χ4n) is 3.29. The summed E-state index contributed by atoms with van der Waals surface area (Å²) < 4.78 is 68.4. The Morgan fingerprint density at radius 2 is 1.69 bits per heavy atom. The fourth-order valence-corrected chi connectivity index (χ4v) is 3.46. The predicted molar refractivity (Wildman–Crippen MR) is 84.1 cm³/mol. The lowest BCUT2D eigenvalue weighted by atomic mass is 9.93. The molecule has 0 amide bonds. The quantitative estimate of drug-likeness (QED) is 0.366. The van der Waals surface area contributed by atoms with Gasteiger partial charge in [-0.05, 0) is 43.6 Å². The first kappa shape index (κ1) is 19.0. The summed E-state index contributed by atoms with van der Waals surface area (Å²) in [4.78, 5) is 5.87. The molecule has 3 rings (SSSR count). The van der Waals surface area contributed by atoms with Gasteiger partial charge in [0.1, 0.15) is 11.3 Å². The van der Waals surface area contributed by atoms with Gasteiger partial charge in [-0.1, -0.05) is 11.6 Å². The van der Waals surface area contributed by atoms with E-state index in [1.54, 1.807) is 0 Å². The highest BCUT2D eigenvalue weighted by Crippen LogP contribution is 2.39. The molecule has 0 saturated carbocycles. The summed E-state index contributed by atoms with van der Waals surface area (Å²) in [5, 5.41) is 10.4. The largest absolute Gasteiger partial charge is 0.383 e. The van der Waals surface area contributed by atoms with E-state index < -0.39 is 40.8 Å². The zero-order valence-electron chi connectivity index (χ0n) is 13.5. The average Bonchev–Trinajstić information content (AvgIpc) is 3.04. The lowest BCUT2D eigenvalue weighted by molar-refractivity contribution is 0.198. The molecular weight excluding hydrogens is 379 g/mol. The van der Waals surface area contributed by atoms with Gasteiger partial charge in [0.15, 0.2) is 23.3 Å². The van der Waals surface area contributed by atoms with Crippen molar-refractivity contribution in [3.8, 4) is 0 Å². The van der Waals surface area contributed by atoms with Gasteiger partial charge in [0.2, 0.25) is 5.82 Å². The molecule has 0 radical (unpaired) electrons. The number of aliphatic hydroxyl groups excluding tert-OH is 1. The number of aliphatic hydroxyl groups is 1. The Labute approximate surface area is 151 Å². The number of rotatable bonds is 3. The molecular formula is C17H14ClF5N2O. The van der Waals surface area contributed by atoms with Crippen LogP contribution in [0.15, 0.2) is 12.3 Å². The summed E-state index contributed by atoms with van der Waals surface area (Å²) >= 11 is 5.83. The maximum absolute atomic E-state index is 14.1. The topological polar surface area (TPSA) is 36.4 Å². The van der Waals surface area contributed by atoms with Gasteiger partial charge in [-0.2, -0.15) is 0 Å². The molecule has 2 heterocycles. The molecule has 2 aromatic rings. The van der Waals surface area contributed by atoms with Crippen LogP contribution in [0.2, 0.25) is 5.15 Å². The van der Waals surface area contributed by atoms with E-state index >= 15 is 0 Å². The van der Waals surface area contributed by atoms with Crippen molar-refractivity contribution in [2.24, 2.45) is 0 Å². The van der Waals surface area contributed by atoms with Gasteiger partial charge in [-0.15, -0.1) is 0 Å². The second-order valence-corrected chi connectivity index (χ2v) is 6.55. The minimum absolute atomic E-state index is 0.0491. The minimum Gasteiger partial charge on any atom is -0.383 e. The molecule has 9 heteroatoms. The van der Waals surface area contributed by atoms with Gasteiger partial charge in [-0.3, -0.25) is 4.90 Å². The summed E-state index contributed by atoms with van der Waals surface area (Å²) in [5.74, 6) is -10.7. The number of benzene rings is 1. The van der Waals surface area contributed by atoms with Gasteiger partial charge < -0.3 is 5.11 Å². The van der Waals surface area contributed by atoms with Crippen LogP contribution in [-0.2, 0) is 0 Å². The van der Waals surface area contributed by atoms with Crippen LogP contribution in [-0.4, -0.2) is 28.6 Å². The number of hydrogen-bond acceptors (Lipinski definition) is 3. The lowest BCUT2D eigenvalue weighted by Crippen LogP contribution is -2.21. The molecule has 3 nitrogen and oxygen atoms in total. The Balaban J connectivity index is 2.18. The van der Waals surface area contributed by atoms with Crippen LogP contribution in [0.5, 0.6) is 0 Å². The van der Waals surface area contributed by atoms with Crippen LogP contribution in [0.3, 0.4) is 0 Å². The van der Waals surface area contributed by atoms with Crippen molar-refractivity contribution in [2.45, 2.75) is 25.0 Å². The SMILES string of the molecule is CN1CCCC1c1cnc(Cl)cc1C(O)c1c(F)c(F)c(F)c(F)c1F. The molecule has 26 heavy (non-hydrogen) atoms. The molecule has 1 N–H and O–H groups in total. The lowest BCUT2D eigenvalue weighted by Gasteiger charge is -2.25. The maximum atomic E-state index is 14.1. The Bertz CT molecular complexity index is 835. The minimum atomic E-state index is -2.28. The zero-order valence-corrected chi connectivity index (χ0v) is 14.3. The molecule has 1 aromatic heterocycles. The van der Waals surface area contributed by atoms with Crippen molar-refractivity contribution in [3.63, 3.8) is 0 Å². The van der Waals surface area contributed by atoms with Crippen LogP contribution in [0.25, 0.3) is 0 Å². The summed E-state index contributed by atoms with van der Waals surface area (Å²) in [6, 6.07) is 0.955. The van der Waals surface area contributed by atoms with Crippen LogP contribution in [0, 0.1) is 29.1 Å². The third-order valence-corrected chi connectivity index (χ3v) is 4.83. The second-order valence-electron chi connectivity index (χ2n) is 6.16. The van der Waals surface area contributed by atoms with Crippen molar-refractivity contribution >= 4 is 11.6 Å². The van der Waals surface area contributed by atoms with E-state index in [9.17, 15) is 27.1 Å². The van der Waals surface area contributed by atoms with E-state index in [1.807, 2.05) is 11.9 Å². The van der Waals surface area contributed by atoms with Crippen molar-refractivity contribution in [1.29, 1.82) is 0 Å². The van der Waals surface area contributed by atoms with Crippen molar-refractivity contribution in [3.05, 3.63) is 63.2 Å². The highest BCUT2D eigenvalue weighted by Gasteiger charge is 2.33. The van der Waals surface area contributed by atoms with Crippen molar-refractivity contribution < 1.29 is 27.1 Å². The number of pyridine rings is 1. The normalized spacial score (nSPS) is 19.2. The summed E-state index contributed by atoms with van der Waals surface area (Å²) in [6.45, 7) is 0.755. The first-order chi connectivity index (χ1) is 12.2. The van der Waals surface area contributed by atoms with Crippen LogP contribution >= 0.6 is 11.6 Å². The van der Waals surface area contributed by atoms with Crippen molar-refractivity contribution in [2.75, 3.05) is 13.6 Å². The van der Waals surface area contributed by atoms with Crippen molar-refractivity contribution in [1.82, 2.24) is 9.88 Å². The molecule has 1 saturated heterocycles. The van der Waals surface area contributed by atoms with Gasteiger partial charge in [0, 0.05) is 12.2 Å². The van der Waals surface area contributed by atoms with Gasteiger partial charge >= 0.3 is 0 Å². The number of nitrogens with zero attached hydrogens (tertiary/aromatic N) is 2. The molecule has 0 aliphatic carbocycles. The van der Waals surface area contributed by atoms with Crippen LogP contribution in [0.1, 0.15) is 41.7 Å². The molecule has 1 fully saturated rings. The second kappa shape index (κ2) is 7.09. The Hall–Kier alpha value is -1.77. The number of hydrogen-bond donors (Lipinski definition) is 1. The fraction of sp³-hybridized carbons (Fsp3) is 0.353. The first-order valence-electron chi connectivity index (χ1n) is 7.79. The monoisotopic (exact) mass is 392 g/mol. The molecule has 140 valence electrons. The van der Waals surface area contributed by atoms with Gasteiger partial charge in [0.25, 0.3) is 0 Å². The summed E-state index contributed by atoms with van der Waals surface area (Å²) in [7, 11) is 1.82. The third-order valence-electron chi connectivity index (χ3n) is 4.63. The highest BCUT2D eigenvalue weighted by atomic mass is 35.5. The first-order valence-corrected chi connectivity index (χ1v) is 8.16. The molecule has 1 aromatic carbocycles. The highest BCUT2D eigenvalue weighted by molar-refractivity contribution is 6.29. The maximum Gasteiger partial charge on any atom is 0.200 e. The zero-order chi connectivity index (χ0) is 19.2. The van der Waals surface area contributed by atoms with Crippen LogP contribution < -0.4 is 0 Å². The average molecular weight is 393 g/mol. The number of aromatic nitrogens is 1. The number of halogens is 6. The van der Waals surface area contributed by atoms with Crippen LogP contribution in [0.4, 0.5) is 22.0 Å². The Morgan fingerprint density at radius 3 is 2.23 bits per heavy atom. The van der Waals surface area contributed by atoms with E-state index in [4.69, 9.17) is 11.6 Å². The van der Waals surface area contributed by atoms with Gasteiger partial charge in [0.05, 0.1) is 5.56 Å². The van der Waals surface area contributed by atoms with E-state index in [2.05, 4.69) is 4.98 Å². The van der Waals surface area contributed by atoms with E-state index in [-0.39, 0.29) is 16.8 Å². The summed E-state index contributed by atoms with van der Waals surface area (Å²) in [6.07, 6.45) is 0.793. The Kier molecular flexibility index (Phi) is 5.18. The molecule has 1 aliphatic heterocycles. The van der Waals surface area contributed by atoms with Gasteiger partial charge in [-0.25, -0.2) is 26.9 Å². The summed E-state index contributed by atoms with van der Waals surface area (Å²) in [5.41, 5.74) is -0.941. The third kappa shape index (κ3) is 3.06. The predicted octanol–water partition coefficient (Wildman–Crippen LogP) is 4.28. The number of likely N-dealkylation sites (tertiary alicyclic amines) is 1. The molecule has 0 spiro atoms.